The first-order valence-electron chi connectivity index (χ1n) is 23.9. The fraction of sp³-hybridized carbons (Fsp3) is 0.210. The van der Waals surface area contributed by atoms with Crippen LogP contribution in [0.1, 0.15) is 77.1 Å². The zero-order chi connectivity index (χ0) is 47.5. The quantitative estimate of drug-likeness (QED) is 0.0907. The van der Waals surface area contributed by atoms with Crippen molar-refractivity contribution < 1.29 is 24.5 Å². The van der Waals surface area contributed by atoms with Gasteiger partial charge < -0.3 is 8.98 Å². The van der Waals surface area contributed by atoms with Crippen molar-refractivity contribution in [2.24, 2.45) is 0 Å². The number of para-hydroxylation sites is 2. The van der Waals surface area contributed by atoms with Gasteiger partial charge in [-0.25, -0.2) is 0 Å². The number of hydrogen-bond donors (Lipinski definition) is 0. The molecule has 0 bridgehead atoms. The molecule has 0 spiro atoms. The molecular formula is C62H58IrN4OSi-2. The third-order valence-corrected chi connectivity index (χ3v) is 15.2. The molecule has 5 nitrogen and oxygen atoms in total. The van der Waals surface area contributed by atoms with Gasteiger partial charge in [0.15, 0.2) is 0 Å². The molecule has 0 aliphatic carbocycles. The van der Waals surface area contributed by atoms with Gasteiger partial charge in [-0.15, -0.1) is 54.1 Å². The maximum absolute atomic E-state index is 6.94. The predicted octanol–water partition coefficient (Wildman–Crippen LogP) is 16.4. The summed E-state index contributed by atoms with van der Waals surface area (Å²) in [6, 6.07) is 60.6. The second-order valence-corrected chi connectivity index (χ2v) is 25.8. The molecule has 0 atom stereocenters. The number of benzene rings is 8. The van der Waals surface area contributed by atoms with E-state index in [1.807, 2.05) is 42.6 Å². The SMILES string of the molecule is CC(C)(C)c1ccnc(-c2[c-]cccc2)n1.CC(C)c1cc(-c2ccccc2)cc(C(C)C)c1-n1c(-c2[c-]ccc3c2oc2cc4c(cc([Si](C)(C)C)c5ccccc54)cc23)nc2ccccc21.[Ir]. The summed E-state index contributed by atoms with van der Waals surface area (Å²) in [5, 5.41) is 8.82. The summed E-state index contributed by atoms with van der Waals surface area (Å²) in [7, 11) is -1.62. The van der Waals surface area contributed by atoms with Crippen molar-refractivity contribution in [1.82, 2.24) is 19.5 Å². The molecule has 11 aromatic rings. The van der Waals surface area contributed by atoms with E-state index in [0.717, 1.165) is 61.4 Å². The van der Waals surface area contributed by atoms with Crippen molar-refractivity contribution >= 4 is 67.8 Å². The van der Waals surface area contributed by atoms with E-state index >= 15 is 0 Å². The van der Waals surface area contributed by atoms with Gasteiger partial charge in [-0.3, -0.25) is 15.0 Å². The first-order valence-corrected chi connectivity index (χ1v) is 27.4. The third-order valence-electron chi connectivity index (χ3n) is 13.1. The number of fused-ring (bicyclic) bond motifs is 7. The van der Waals surface area contributed by atoms with Crippen LogP contribution < -0.4 is 5.19 Å². The van der Waals surface area contributed by atoms with Crippen molar-refractivity contribution in [3.05, 3.63) is 187 Å². The minimum Gasteiger partial charge on any atom is -0.501 e. The zero-order valence-corrected chi connectivity index (χ0v) is 44.6. The number of imidazole rings is 1. The molecular weight excluding hydrogens is 1040 g/mol. The standard InChI is InChI=1S/C48H43N2OSi.C14H15N2.Ir/c1-29(2)38-24-32(31-16-9-8-10-17-31)25-39(30(3)4)46(38)50-43-23-14-13-22-42(43)49-48(50)37-21-15-20-36-41-26-33-27-45(52(5,6)7)35-19-12-11-18-34(35)40(33)28-44(41)51-47(36)37;1-14(2,3)12-9-10-15-13(16-12)11-7-5-4-6-8-11;/h8-20,22-30H,1-7H3;4-7,9-10H,1-3H3;/q2*-1;. The Balaban J connectivity index is 0.000000296. The Morgan fingerprint density at radius 1 is 0.609 bits per heavy atom. The summed E-state index contributed by atoms with van der Waals surface area (Å²) >= 11 is 0. The van der Waals surface area contributed by atoms with Crippen LogP contribution in [-0.2, 0) is 25.5 Å². The molecule has 0 amide bonds. The Morgan fingerprint density at radius 3 is 1.97 bits per heavy atom. The van der Waals surface area contributed by atoms with Crippen LogP contribution in [0.25, 0.3) is 94.1 Å². The second kappa shape index (κ2) is 18.8. The fourth-order valence-electron chi connectivity index (χ4n) is 9.60. The van der Waals surface area contributed by atoms with E-state index in [2.05, 4.69) is 210 Å². The van der Waals surface area contributed by atoms with Crippen molar-refractivity contribution in [2.45, 2.75) is 85.4 Å². The van der Waals surface area contributed by atoms with Crippen LogP contribution in [0.15, 0.2) is 162 Å². The molecule has 0 fully saturated rings. The molecule has 0 saturated carbocycles. The molecule has 3 aromatic heterocycles. The molecule has 347 valence electrons. The number of rotatable bonds is 7. The second-order valence-electron chi connectivity index (χ2n) is 20.7. The molecule has 1 radical (unpaired) electrons. The Morgan fingerprint density at radius 2 is 1.29 bits per heavy atom. The van der Waals surface area contributed by atoms with Gasteiger partial charge in [0.1, 0.15) is 5.58 Å². The van der Waals surface area contributed by atoms with Gasteiger partial charge in [0, 0.05) is 48.5 Å². The normalized spacial score (nSPS) is 12.1. The molecule has 0 unspecified atom stereocenters. The molecule has 0 aliphatic rings. The summed E-state index contributed by atoms with van der Waals surface area (Å²) in [5.74, 6) is 2.14. The molecule has 8 aromatic carbocycles. The molecule has 7 heteroatoms. The summed E-state index contributed by atoms with van der Waals surface area (Å²) in [5.41, 5.74) is 12.9. The van der Waals surface area contributed by atoms with Crippen molar-refractivity contribution in [1.29, 1.82) is 0 Å². The molecule has 0 saturated heterocycles. The molecule has 0 N–H and O–H groups in total. The molecule has 0 aliphatic heterocycles. The van der Waals surface area contributed by atoms with Gasteiger partial charge in [0.2, 0.25) is 0 Å². The minimum absolute atomic E-state index is 0. The maximum atomic E-state index is 6.94. The summed E-state index contributed by atoms with van der Waals surface area (Å²) in [6.07, 6.45) is 1.81. The smallest absolute Gasteiger partial charge is 0.121 e. The van der Waals surface area contributed by atoms with Crippen LogP contribution in [0.3, 0.4) is 0 Å². The first-order chi connectivity index (χ1) is 32.7. The van der Waals surface area contributed by atoms with Crippen LogP contribution in [0.2, 0.25) is 19.6 Å². The average Bonchev–Trinajstić information content (AvgIpc) is 3.91. The van der Waals surface area contributed by atoms with E-state index in [1.165, 1.54) is 54.7 Å². The minimum atomic E-state index is -1.62. The largest absolute Gasteiger partial charge is 0.501 e. The Kier molecular flexibility index (Phi) is 12.9. The van der Waals surface area contributed by atoms with Crippen LogP contribution in [0.4, 0.5) is 0 Å². The molecule has 3 heterocycles. The number of aromatic nitrogens is 4. The van der Waals surface area contributed by atoms with Gasteiger partial charge in [0.05, 0.1) is 36.3 Å². The van der Waals surface area contributed by atoms with Gasteiger partial charge in [0.25, 0.3) is 0 Å². The summed E-state index contributed by atoms with van der Waals surface area (Å²) in [6.45, 7) is 22.9. The number of furan rings is 1. The van der Waals surface area contributed by atoms with E-state index < -0.39 is 8.07 Å². The van der Waals surface area contributed by atoms with Gasteiger partial charge in [-0.2, -0.15) is 0 Å². The first kappa shape index (κ1) is 47.6. The van der Waals surface area contributed by atoms with E-state index in [4.69, 9.17) is 9.40 Å². The van der Waals surface area contributed by atoms with Gasteiger partial charge in [-0.1, -0.05) is 157 Å². The van der Waals surface area contributed by atoms with Crippen LogP contribution in [0.5, 0.6) is 0 Å². The Bertz CT molecular complexity index is 3620. The van der Waals surface area contributed by atoms with E-state index in [-0.39, 0.29) is 37.4 Å². The third kappa shape index (κ3) is 9.00. The Hall–Kier alpha value is -6.50. The summed E-state index contributed by atoms with van der Waals surface area (Å²) in [4.78, 5) is 14.2. The van der Waals surface area contributed by atoms with Crippen molar-refractivity contribution in [3.8, 4) is 39.6 Å². The average molecular weight is 1100 g/mol. The molecule has 69 heavy (non-hydrogen) atoms. The van der Waals surface area contributed by atoms with Crippen LogP contribution in [-0.4, -0.2) is 27.6 Å². The number of nitrogens with zero attached hydrogens (tertiary/aromatic N) is 4. The van der Waals surface area contributed by atoms with E-state index in [0.29, 0.717) is 0 Å². The van der Waals surface area contributed by atoms with E-state index in [9.17, 15) is 0 Å². The summed E-state index contributed by atoms with van der Waals surface area (Å²) < 4.78 is 9.32. The van der Waals surface area contributed by atoms with Crippen LogP contribution in [0, 0.1) is 12.1 Å². The Labute approximate surface area is 421 Å². The monoisotopic (exact) mass is 1100 g/mol. The topological polar surface area (TPSA) is 56.7 Å². The molecule has 11 rings (SSSR count). The zero-order valence-electron chi connectivity index (χ0n) is 41.2. The van der Waals surface area contributed by atoms with Gasteiger partial charge in [-0.05, 0) is 98.1 Å². The predicted molar refractivity (Wildman–Crippen MR) is 289 cm³/mol. The van der Waals surface area contributed by atoms with Gasteiger partial charge >= 0.3 is 0 Å². The fourth-order valence-corrected chi connectivity index (χ4v) is 11.2. The van der Waals surface area contributed by atoms with Crippen molar-refractivity contribution in [2.75, 3.05) is 0 Å². The maximum Gasteiger partial charge on any atom is 0.121 e. The van der Waals surface area contributed by atoms with E-state index in [1.54, 1.807) is 0 Å². The van der Waals surface area contributed by atoms with Crippen molar-refractivity contribution in [3.63, 3.8) is 0 Å². The van der Waals surface area contributed by atoms with Crippen LogP contribution >= 0.6 is 0 Å². The number of hydrogen-bond acceptors (Lipinski definition) is 4.